The zero-order chi connectivity index (χ0) is 47.0. The first-order chi connectivity index (χ1) is 34.2. The van der Waals surface area contributed by atoms with Gasteiger partial charge in [-0.05, 0) is 133 Å². The number of fused-ring (bicyclic) bond motifs is 15. The fraction of sp³-hybridized carbons (Fsp3) is 0.0794. The highest BCUT2D eigenvalue weighted by molar-refractivity contribution is 7.30. The van der Waals surface area contributed by atoms with Crippen molar-refractivity contribution in [3.8, 4) is 44.5 Å². The minimum atomic E-state index is -4.47. The van der Waals surface area contributed by atoms with E-state index < -0.39 is 17.2 Å². The molecular formula is C63H42BF3N2S. The summed E-state index contributed by atoms with van der Waals surface area (Å²) in [5.74, 6) is 0.302. The lowest BCUT2D eigenvalue weighted by atomic mass is 9.36. The van der Waals surface area contributed by atoms with Crippen LogP contribution in [0.2, 0.25) is 0 Å². The third kappa shape index (κ3) is 5.64. The Balaban J connectivity index is 1.08. The highest BCUT2D eigenvalue weighted by atomic mass is 32.1. The highest BCUT2D eigenvalue weighted by Crippen LogP contribution is 2.67. The number of hydrogen-bond acceptors (Lipinski definition) is 3. The number of rotatable bonds is 5. The molecule has 10 aromatic rings. The molecule has 0 unspecified atom stereocenters. The van der Waals surface area contributed by atoms with E-state index in [9.17, 15) is 13.2 Å². The molecule has 0 bridgehead atoms. The minimum absolute atomic E-state index is 0.196. The number of thiophene rings is 1. The first kappa shape index (κ1) is 41.1. The maximum Gasteiger partial charge on any atom is 0.416 e. The van der Waals surface area contributed by atoms with Crippen LogP contribution in [0.25, 0.3) is 44.5 Å². The molecule has 0 saturated heterocycles. The molecule has 3 heterocycles. The molecule has 0 N–H and O–H groups in total. The Morgan fingerprint density at radius 2 is 1.07 bits per heavy atom. The summed E-state index contributed by atoms with van der Waals surface area (Å²) in [4.78, 5) is 5.99. The first-order valence-corrected chi connectivity index (χ1v) is 24.8. The maximum atomic E-state index is 14.3. The van der Waals surface area contributed by atoms with E-state index in [-0.39, 0.29) is 6.71 Å². The van der Waals surface area contributed by atoms with Crippen LogP contribution >= 0.6 is 11.3 Å². The van der Waals surface area contributed by atoms with Gasteiger partial charge in [-0.2, -0.15) is 13.2 Å². The van der Waals surface area contributed by atoms with Gasteiger partial charge in [0, 0.05) is 43.7 Å². The summed E-state index contributed by atoms with van der Waals surface area (Å²) in [7, 11) is 0. The Kier molecular flexibility index (Phi) is 8.85. The molecule has 7 heteroatoms. The van der Waals surface area contributed by atoms with E-state index in [2.05, 4.69) is 206 Å². The van der Waals surface area contributed by atoms with Crippen molar-refractivity contribution in [1.29, 1.82) is 0 Å². The second-order valence-electron chi connectivity index (χ2n) is 19.2. The van der Waals surface area contributed by atoms with Gasteiger partial charge < -0.3 is 9.80 Å². The molecule has 334 valence electrons. The van der Waals surface area contributed by atoms with Crippen LogP contribution in [0.3, 0.4) is 0 Å². The zero-order valence-corrected chi connectivity index (χ0v) is 39.1. The van der Waals surface area contributed by atoms with Crippen LogP contribution in [-0.2, 0) is 11.6 Å². The van der Waals surface area contributed by atoms with Gasteiger partial charge in [-0.25, -0.2) is 0 Å². The van der Waals surface area contributed by atoms with Crippen molar-refractivity contribution in [2.75, 3.05) is 9.80 Å². The molecule has 2 nitrogen and oxygen atoms in total. The molecule has 2 aliphatic carbocycles. The van der Waals surface area contributed by atoms with E-state index in [1.54, 1.807) is 12.1 Å². The molecule has 14 rings (SSSR count). The van der Waals surface area contributed by atoms with E-state index in [1.807, 2.05) is 17.4 Å². The van der Waals surface area contributed by atoms with Crippen molar-refractivity contribution in [3.05, 3.63) is 245 Å². The van der Waals surface area contributed by atoms with Crippen molar-refractivity contribution in [2.24, 2.45) is 0 Å². The lowest BCUT2D eigenvalue weighted by molar-refractivity contribution is -0.137. The predicted molar refractivity (Wildman–Crippen MR) is 285 cm³/mol. The second kappa shape index (κ2) is 15.1. The number of nitrogens with zero attached hydrogens (tertiary/aromatic N) is 2. The lowest BCUT2D eigenvalue weighted by Crippen LogP contribution is -2.60. The molecule has 4 aliphatic rings. The van der Waals surface area contributed by atoms with Gasteiger partial charge in [0.25, 0.3) is 6.71 Å². The normalized spacial score (nSPS) is 14.2. The van der Waals surface area contributed by atoms with Crippen LogP contribution in [0.1, 0.15) is 52.5 Å². The number of anilines is 6. The SMILES string of the molecule is CC(C)c1ccc(-c2ccccc2)c(-c2ccc3c(c2)N(c2ccc(C(F)(F)F)cc2)c2cccc4c2B3c2sc3c(c2N4c2ccccc2)-c2ccccc2C32c3ccccc3-c3ccccc32)c1. The quantitative estimate of drug-likeness (QED) is 0.159. The average molecular weight is 927 g/mol. The Morgan fingerprint density at radius 3 is 1.73 bits per heavy atom. The summed E-state index contributed by atoms with van der Waals surface area (Å²) in [6, 6.07) is 73.9. The molecule has 0 amide bonds. The number of benzene rings is 9. The van der Waals surface area contributed by atoms with Crippen molar-refractivity contribution in [3.63, 3.8) is 0 Å². The summed E-state index contributed by atoms with van der Waals surface area (Å²) in [5, 5.41) is 0. The van der Waals surface area contributed by atoms with Crippen LogP contribution in [0.5, 0.6) is 0 Å². The monoisotopic (exact) mass is 926 g/mol. The van der Waals surface area contributed by atoms with Gasteiger partial charge in [0.05, 0.1) is 16.7 Å². The third-order valence-electron chi connectivity index (χ3n) is 15.3. The van der Waals surface area contributed by atoms with E-state index in [0.717, 1.165) is 55.9 Å². The van der Waals surface area contributed by atoms with Crippen molar-refractivity contribution in [1.82, 2.24) is 0 Å². The molecule has 2 aliphatic heterocycles. The average Bonchev–Trinajstić information content (AvgIpc) is 4.03. The van der Waals surface area contributed by atoms with Gasteiger partial charge in [0.2, 0.25) is 0 Å². The molecular weight excluding hydrogens is 885 g/mol. The molecule has 0 saturated carbocycles. The fourth-order valence-electron chi connectivity index (χ4n) is 12.3. The summed E-state index contributed by atoms with van der Waals surface area (Å²) in [6.45, 7) is 4.24. The highest BCUT2D eigenvalue weighted by Gasteiger charge is 2.56. The Hall–Kier alpha value is -7.87. The minimum Gasteiger partial charge on any atom is -0.311 e. The molecule has 1 spiro atoms. The standard InChI is InChI=1S/C63H42BF3N2S/c1-38(2)40-28-34-45(39-16-5-3-6-17-39)49(36-40)41-29-35-53-56(37-41)68(44-32-30-42(31-33-44)63(65,66)67)54-26-15-27-55-58(54)64(53)61-59(69(55)43-18-7-4-8-19-43)57-48-22-11-14-25-52(48)62(60(57)70-61)50-23-12-9-20-46(50)47-21-10-13-24-51(47)62/h3-38H,1-2H3. The lowest BCUT2D eigenvalue weighted by Gasteiger charge is -2.43. The second-order valence-corrected chi connectivity index (χ2v) is 20.3. The molecule has 1 aromatic heterocycles. The van der Waals surface area contributed by atoms with Gasteiger partial charge in [0.1, 0.15) is 0 Å². The number of halogens is 3. The fourth-order valence-corrected chi connectivity index (χ4v) is 14.0. The molecule has 70 heavy (non-hydrogen) atoms. The van der Waals surface area contributed by atoms with Crippen LogP contribution in [0.15, 0.2) is 212 Å². The van der Waals surface area contributed by atoms with Crippen molar-refractivity contribution < 1.29 is 13.2 Å². The first-order valence-electron chi connectivity index (χ1n) is 24.0. The van der Waals surface area contributed by atoms with Gasteiger partial charge in [-0.1, -0.05) is 172 Å². The summed E-state index contributed by atoms with van der Waals surface area (Å²) in [5.41, 5.74) is 21.4. The summed E-state index contributed by atoms with van der Waals surface area (Å²) >= 11 is 1.93. The predicted octanol–water partition coefficient (Wildman–Crippen LogP) is 15.7. The Bertz CT molecular complexity index is 3720. The van der Waals surface area contributed by atoms with Crippen molar-refractivity contribution in [2.45, 2.75) is 31.4 Å². The number of alkyl halides is 3. The van der Waals surface area contributed by atoms with Crippen LogP contribution in [0.4, 0.5) is 47.3 Å². The van der Waals surface area contributed by atoms with Gasteiger partial charge in [0.15, 0.2) is 0 Å². The van der Waals surface area contributed by atoms with Gasteiger partial charge in [-0.15, -0.1) is 11.3 Å². The summed E-state index contributed by atoms with van der Waals surface area (Å²) in [6.07, 6.45) is -4.47. The molecule has 9 aromatic carbocycles. The van der Waals surface area contributed by atoms with E-state index in [0.29, 0.717) is 11.6 Å². The largest absolute Gasteiger partial charge is 0.416 e. The van der Waals surface area contributed by atoms with Crippen LogP contribution < -0.4 is 25.5 Å². The van der Waals surface area contributed by atoms with Crippen molar-refractivity contribution >= 4 is 67.9 Å². The van der Waals surface area contributed by atoms with E-state index in [1.165, 1.54) is 72.0 Å². The van der Waals surface area contributed by atoms with Crippen LogP contribution in [-0.4, -0.2) is 6.71 Å². The third-order valence-corrected chi connectivity index (χ3v) is 16.6. The number of hydrogen-bond donors (Lipinski definition) is 0. The zero-order valence-electron chi connectivity index (χ0n) is 38.3. The van der Waals surface area contributed by atoms with E-state index >= 15 is 0 Å². The Morgan fingerprint density at radius 1 is 0.486 bits per heavy atom. The smallest absolute Gasteiger partial charge is 0.311 e. The molecule has 0 radical (unpaired) electrons. The van der Waals surface area contributed by atoms with Crippen LogP contribution in [0, 0.1) is 0 Å². The summed E-state index contributed by atoms with van der Waals surface area (Å²) < 4.78 is 44.0. The molecule has 0 atom stereocenters. The topological polar surface area (TPSA) is 6.48 Å². The maximum absolute atomic E-state index is 14.3. The van der Waals surface area contributed by atoms with Gasteiger partial charge in [-0.3, -0.25) is 0 Å². The van der Waals surface area contributed by atoms with E-state index in [4.69, 9.17) is 0 Å². The van der Waals surface area contributed by atoms with Gasteiger partial charge >= 0.3 is 6.18 Å². The molecule has 0 fully saturated rings. The Labute approximate surface area is 409 Å². The number of para-hydroxylation sites is 1.